The van der Waals surface area contributed by atoms with E-state index in [9.17, 15) is 5.26 Å². The Bertz CT molecular complexity index is 1900. The maximum absolute atomic E-state index is 9.29. The van der Waals surface area contributed by atoms with Crippen molar-refractivity contribution in [1.29, 1.82) is 5.26 Å². The van der Waals surface area contributed by atoms with Gasteiger partial charge in [0, 0.05) is 32.1 Å². The van der Waals surface area contributed by atoms with Gasteiger partial charge in [0.05, 0.1) is 18.3 Å². The van der Waals surface area contributed by atoms with E-state index in [1.807, 2.05) is 25.1 Å². The van der Waals surface area contributed by atoms with Crippen molar-refractivity contribution in [3.8, 4) is 16.5 Å². The van der Waals surface area contributed by atoms with E-state index in [1.54, 1.807) is 23.5 Å². The molecule has 0 bridgehead atoms. The monoisotopic (exact) mass is 578 g/mol. The highest BCUT2D eigenvalue weighted by molar-refractivity contribution is 7.16. The first-order valence-electron chi connectivity index (χ1n) is 14.1. The Labute approximate surface area is 256 Å². The van der Waals surface area contributed by atoms with Crippen LogP contribution in [0.25, 0.3) is 21.4 Å². The van der Waals surface area contributed by atoms with Crippen molar-refractivity contribution in [3.63, 3.8) is 0 Å². The molecule has 0 amide bonds. The lowest BCUT2D eigenvalue weighted by Crippen LogP contribution is -2.19. The minimum absolute atomic E-state index is 0.0530. The highest BCUT2D eigenvalue weighted by atomic mass is 32.1. The third-order valence-electron chi connectivity index (χ3n) is 7.79. The van der Waals surface area contributed by atoms with Crippen molar-refractivity contribution < 1.29 is 4.74 Å². The highest BCUT2D eigenvalue weighted by Gasteiger charge is 2.39. The van der Waals surface area contributed by atoms with Gasteiger partial charge in [0.1, 0.15) is 17.3 Å². The van der Waals surface area contributed by atoms with Crippen LogP contribution in [0.15, 0.2) is 108 Å². The van der Waals surface area contributed by atoms with Gasteiger partial charge in [-0.25, -0.2) is 15.1 Å². The van der Waals surface area contributed by atoms with E-state index in [-0.39, 0.29) is 11.1 Å². The van der Waals surface area contributed by atoms with E-state index < -0.39 is 0 Å². The molecule has 6 rings (SSSR count). The normalized spacial score (nSPS) is 15.9. The number of aromatic nitrogens is 1. The van der Waals surface area contributed by atoms with Crippen molar-refractivity contribution in [2.75, 3.05) is 4.90 Å². The zero-order valence-corrected chi connectivity index (χ0v) is 25.6. The maximum atomic E-state index is 9.29. The number of anilines is 3. The molecule has 0 radical (unpaired) electrons. The lowest BCUT2D eigenvalue weighted by atomic mass is 9.86. The predicted molar refractivity (Wildman–Crippen MR) is 175 cm³/mol. The van der Waals surface area contributed by atoms with Gasteiger partial charge in [-0.1, -0.05) is 49.2 Å². The summed E-state index contributed by atoms with van der Waals surface area (Å²) in [5.41, 5.74) is 8.41. The molecule has 0 fully saturated rings. The lowest BCUT2D eigenvalue weighted by Gasteiger charge is -2.27. The van der Waals surface area contributed by atoms with Crippen LogP contribution in [0.5, 0.6) is 0 Å². The summed E-state index contributed by atoms with van der Waals surface area (Å²) >= 11 is 1.73. The van der Waals surface area contributed by atoms with E-state index >= 15 is 0 Å². The number of rotatable bonds is 5. The fourth-order valence-electron chi connectivity index (χ4n) is 5.51. The third-order valence-corrected chi connectivity index (χ3v) is 8.93. The summed E-state index contributed by atoms with van der Waals surface area (Å²) in [4.78, 5) is 13.2. The minimum Gasteiger partial charge on any atom is -0.462 e. The number of nitriles is 1. The van der Waals surface area contributed by atoms with Gasteiger partial charge in [-0.15, -0.1) is 11.3 Å². The minimum atomic E-state index is -0.275. The average Bonchev–Trinajstić information content (AvgIpc) is 3.51. The second-order valence-corrected chi connectivity index (χ2v) is 12.4. The van der Waals surface area contributed by atoms with E-state index in [0.717, 1.165) is 33.3 Å². The molecule has 2 aliphatic rings. The SMILES string of the molecule is [C-]#[N+]/C(C#N)=C1/C=C(C)OC(/C=C/c2cc3c(s2)-c2ccc(N(c4ccc(C)cc4)c4ccc(C)cc4)nc2C3(C)C)=C1. The topological polar surface area (TPSA) is 53.5 Å². The molecule has 3 heterocycles. The number of benzene rings is 2. The van der Waals surface area contributed by atoms with Crippen LogP contribution in [0.1, 0.15) is 48.0 Å². The van der Waals surface area contributed by atoms with Crippen LogP contribution in [0.3, 0.4) is 0 Å². The van der Waals surface area contributed by atoms with E-state index in [2.05, 4.69) is 104 Å². The smallest absolute Gasteiger partial charge is 0.269 e. The molecule has 0 atom stereocenters. The Hall–Kier alpha value is -5.17. The van der Waals surface area contributed by atoms with Gasteiger partial charge in [0.2, 0.25) is 0 Å². The number of pyridine rings is 1. The third kappa shape index (κ3) is 5.18. The Morgan fingerprint density at radius 1 is 0.953 bits per heavy atom. The molecule has 1 aliphatic carbocycles. The first-order valence-corrected chi connectivity index (χ1v) is 14.9. The summed E-state index contributed by atoms with van der Waals surface area (Å²) < 4.78 is 5.85. The van der Waals surface area contributed by atoms with Crippen molar-refractivity contribution in [1.82, 2.24) is 4.98 Å². The zero-order chi connectivity index (χ0) is 30.3. The van der Waals surface area contributed by atoms with Crippen LogP contribution in [0.4, 0.5) is 17.2 Å². The van der Waals surface area contributed by atoms with Crippen molar-refractivity contribution in [2.45, 2.75) is 40.0 Å². The fourth-order valence-corrected chi connectivity index (χ4v) is 6.76. The van der Waals surface area contributed by atoms with E-state index in [4.69, 9.17) is 16.3 Å². The standard InChI is InChI=1S/C37H30N4OS/c1-23-7-11-27(12-8-23)41(28-13-9-24(2)10-14-28)34-18-17-31-35-32(37(4,5)36(31)40-34)21-30(43-35)16-15-29-20-26(19-25(3)42-29)33(22-38)39-6/h7-21H,1-5H3/b16-15+,33-26-. The number of allylic oxidation sites excluding steroid dienone is 6. The van der Waals surface area contributed by atoms with Crippen molar-refractivity contribution in [2.24, 2.45) is 0 Å². The molecule has 43 heavy (non-hydrogen) atoms. The molecule has 0 unspecified atom stereocenters. The summed E-state index contributed by atoms with van der Waals surface area (Å²) in [5.74, 6) is 2.13. The van der Waals surface area contributed by atoms with Gasteiger partial charge in [0.15, 0.2) is 0 Å². The number of ether oxygens (including phenoxy) is 1. The quantitative estimate of drug-likeness (QED) is 0.175. The zero-order valence-electron chi connectivity index (χ0n) is 24.8. The molecule has 2 aromatic carbocycles. The average molecular weight is 579 g/mol. The molecular formula is C37H30N4OS. The Morgan fingerprint density at radius 3 is 2.21 bits per heavy atom. The number of fused-ring (bicyclic) bond motifs is 3. The van der Waals surface area contributed by atoms with Crippen LogP contribution in [-0.2, 0) is 10.2 Å². The van der Waals surface area contributed by atoms with Crippen molar-refractivity contribution >= 4 is 34.6 Å². The molecule has 6 heteroatoms. The van der Waals surface area contributed by atoms with Gasteiger partial charge in [-0.3, -0.25) is 4.90 Å². The molecule has 1 aliphatic heterocycles. The molecule has 0 spiro atoms. The molecule has 210 valence electrons. The van der Waals surface area contributed by atoms with Crippen LogP contribution >= 0.6 is 11.3 Å². The van der Waals surface area contributed by atoms with Crippen LogP contribution < -0.4 is 4.90 Å². The first-order chi connectivity index (χ1) is 20.7. The van der Waals surface area contributed by atoms with E-state index in [1.165, 1.54) is 21.6 Å². The molecule has 4 aromatic rings. The Morgan fingerprint density at radius 2 is 1.60 bits per heavy atom. The first kappa shape index (κ1) is 28.0. The summed E-state index contributed by atoms with van der Waals surface area (Å²) in [6.45, 7) is 17.8. The Kier molecular flexibility index (Phi) is 7.10. The van der Waals surface area contributed by atoms with Crippen LogP contribution in [0.2, 0.25) is 0 Å². The summed E-state index contributed by atoms with van der Waals surface area (Å²) in [7, 11) is 0. The molecule has 0 saturated carbocycles. The molecule has 2 aromatic heterocycles. The molecule has 5 nitrogen and oxygen atoms in total. The van der Waals surface area contributed by atoms with Crippen LogP contribution in [-0.4, -0.2) is 4.98 Å². The van der Waals surface area contributed by atoms with Gasteiger partial charge in [-0.05, 0) is 98.7 Å². The number of thiophene rings is 1. The van der Waals surface area contributed by atoms with Gasteiger partial charge in [0.25, 0.3) is 5.70 Å². The van der Waals surface area contributed by atoms with Gasteiger partial charge in [-0.2, -0.15) is 0 Å². The highest BCUT2D eigenvalue weighted by Crippen LogP contribution is 2.52. The number of nitrogens with zero attached hydrogens (tertiary/aromatic N) is 4. The molecular weight excluding hydrogens is 549 g/mol. The molecule has 0 saturated heterocycles. The summed E-state index contributed by atoms with van der Waals surface area (Å²) in [5, 5.41) is 9.29. The number of aryl methyl sites for hydroxylation is 2. The predicted octanol–water partition coefficient (Wildman–Crippen LogP) is 10.1. The fraction of sp³-hybridized carbons (Fsp3) is 0.162. The Balaban J connectivity index is 1.36. The van der Waals surface area contributed by atoms with Crippen LogP contribution in [0, 0.1) is 31.8 Å². The van der Waals surface area contributed by atoms with Gasteiger partial charge < -0.3 is 4.74 Å². The lowest BCUT2D eigenvalue weighted by molar-refractivity contribution is 0.318. The largest absolute Gasteiger partial charge is 0.462 e. The summed E-state index contributed by atoms with van der Waals surface area (Å²) in [6, 6.07) is 25.7. The summed E-state index contributed by atoms with van der Waals surface area (Å²) in [6.07, 6.45) is 7.38. The van der Waals surface area contributed by atoms with E-state index in [0.29, 0.717) is 17.1 Å². The second kappa shape index (κ2) is 10.9. The second-order valence-electron chi connectivity index (χ2n) is 11.4. The maximum Gasteiger partial charge on any atom is 0.269 e. The van der Waals surface area contributed by atoms with Gasteiger partial charge >= 0.3 is 0 Å². The number of hydrogen-bond acceptors (Lipinski definition) is 5. The van der Waals surface area contributed by atoms with Crippen molar-refractivity contribution in [3.05, 3.63) is 146 Å². The number of hydrogen-bond donors (Lipinski definition) is 0. The molecule has 0 N–H and O–H groups in total.